The van der Waals surface area contributed by atoms with Gasteiger partial charge in [0.2, 0.25) is 11.8 Å². The molecule has 0 bridgehead atoms. The second kappa shape index (κ2) is 13.1. The number of carbonyl (C=O) groups excluding carboxylic acids is 4. The number of benzene rings is 2. The molecule has 0 saturated carbocycles. The van der Waals surface area contributed by atoms with Crippen LogP contribution in [0.1, 0.15) is 61.3 Å². The van der Waals surface area contributed by atoms with E-state index in [1.165, 1.54) is 12.5 Å². The number of nitrogens with zero attached hydrogens (tertiary/aromatic N) is 1. The Morgan fingerprint density at radius 2 is 1.57 bits per heavy atom. The van der Waals surface area contributed by atoms with E-state index in [4.69, 9.17) is 10.5 Å². The van der Waals surface area contributed by atoms with Gasteiger partial charge in [0.05, 0.1) is 7.11 Å². The molecule has 0 aliphatic heterocycles. The quantitative estimate of drug-likeness (QED) is 0.223. The number of carbonyl (C=O) groups is 4. The predicted molar refractivity (Wildman–Crippen MR) is 152 cm³/mol. The van der Waals surface area contributed by atoms with Crippen molar-refractivity contribution >= 4 is 46.0 Å². The lowest BCUT2D eigenvalue weighted by atomic mass is 9.92. The van der Waals surface area contributed by atoms with Crippen molar-refractivity contribution in [3.05, 3.63) is 76.8 Å². The molecule has 3 rings (SSSR count). The third kappa shape index (κ3) is 8.27. The maximum Gasteiger partial charge on any atom is 0.408 e. The fourth-order valence-electron chi connectivity index (χ4n) is 3.73. The molecule has 0 radical (unpaired) electrons. The number of rotatable bonds is 9. The highest BCUT2D eigenvalue weighted by molar-refractivity contribution is 7.14. The number of hydrogen-bond donors (Lipinski definition) is 4. The molecule has 12 heteroatoms. The van der Waals surface area contributed by atoms with Gasteiger partial charge in [-0.25, -0.2) is 14.6 Å². The van der Waals surface area contributed by atoms with Crippen LogP contribution in [-0.4, -0.2) is 47.6 Å². The Labute approximate surface area is 236 Å². The van der Waals surface area contributed by atoms with Gasteiger partial charge in [-0.15, -0.1) is 11.3 Å². The average molecular weight is 568 g/mol. The summed E-state index contributed by atoms with van der Waals surface area (Å²) in [6, 6.07) is 13.3. The number of esters is 1. The normalized spacial score (nSPS) is 13.3. The van der Waals surface area contributed by atoms with Gasteiger partial charge in [0, 0.05) is 17.0 Å². The summed E-state index contributed by atoms with van der Waals surface area (Å²) in [7, 11) is 1.23. The van der Waals surface area contributed by atoms with Crippen LogP contribution in [0.15, 0.2) is 60.0 Å². The highest BCUT2D eigenvalue weighted by atomic mass is 32.1. The summed E-state index contributed by atoms with van der Waals surface area (Å²) in [6.07, 6.45) is -0.806. The Kier molecular flexibility index (Phi) is 9.83. The van der Waals surface area contributed by atoms with E-state index >= 15 is 0 Å². The highest BCUT2D eigenvalue weighted by Gasteiger charge is 2.33. The van der Waals surface area contributed by atoms with Crippen LogP contribution in [0.4, 0.5) is 15.6 Å². The Balaban J connectivity index is 1.91. The molecular weight excluding hydrogens is 534 g/mol. The maximum absolute atomic E-state index is 13.7. The van der Waals surface area contributed by atoms with Gasteiger partial charge in [0.25, 0.3) is 0 Å². The summed E-state index contributed by atoms with van der Waals surface area (Å²) in [5, 5.41) is 9.67. The zero-order valence-corrected chi connectivity index (χ0v) is 23.7. The zero-order chi connectivity index (χ0) is 29.4. The van der Waals surface area contributed by atoms with Crippen molar-refractivity contribution in [1.29, 1.82) is 0 Å². The molecule has 0 fully saturated rings. The van der Waals surface area contributed by atoms with E-state index < -0.39 is 47.5 Å². The van der Waals surface area contributed by atoms with Crippen molar-refractivity contribution < 1.29 is 28.7 Å². The number of methoxy groups -OCH3 is 1. The van der Waals surface area contributed by atoms with Crippen molar-refractivity contribution in [2.75, 3.05) is 18.2 Å². The summed E-state index contributed by atoms with van der Waals surface area (Å²) >= 11 is 1.04. The van der Waals surface area contributed by atoms with Crippen molar-refractivity contribution in [1.82, 2.24) is 15.6 Å². The van der Waals surface area contributed by atoms with Crippen LogP contribution in [-0.2, 0) is 19.1 Å². The van der Waals surface area contributed by atoms with Crippen LogP contribution in [0.3, 0.4) is 0 Å². The van der Waals surface area contributed by atoms with E-state index in [0.29, 0.717) is 11.3 Å². The first-order valence-electron chi connectivity index (χ1n) is 12.4. The molecule has 2 unspecified atom stereocenters. The smallest absolute Gasteiger partial charge is 0.408 e. The molecule has 0 spiro atoms. The molecule has 1 aromatic heterocycles. The molecule has 40 heavy (non-hydrogen) atoms. The largest absolute Gasteiger partial charge is 0.464 e. The van der Waals surface area contributed by atoms with Crippen LogP contribution in [0.5, 0.6) is 0 Å². The minimum absolute atomic E-state index is 0.0458. The molecule has 2 aromatic carbocycles. The molecule has 212 valence electrons. The zero-order valence-electron chi connectivity index (χ0n) is 22.9. The van der Waals surface area contributed by atoms with E-state index in [1.807, 2.05) is 30.3 Å². The number of thiazole rings is 1. The SMILES string of the molecule is COC(=O)c1csc(NC(=O)C(NC(=O)[C@H](NC(=O)OC(C)(C)C)c2ccc(N)cc2)C(C)c2ccccc2)n1. The number of amides is 3. The van der Waals surface area contributed by atoms with Crippen LogP contribution < -0.4 is 21.7 Å². The first-order valence-corrected chi connectivity index (χ1v) is 13.3. The fraction of sp³-hybridized carbons (Fsp3) is 0.321. The molecule has 5 N–H and O–H groups in total. The van der Waals surface area contributed by atoms with Gasteiger partial charge in [-0.05, 0) is 44.0 Å². The number of alkyl carbamates (subject to hydrolysis) is 1. The lowest BCUT2D eigenvalue weighted by Gasteiger charge is -2.28. The van der Waals surface area contributed by atoms with Crippen LogP contribution in [0, 0.1) is 0 Å². The van der Waals surface area contributed by atoms with E-state index in [0.717, 1.165) is 16.9 Å². The van der Waals surface area contributed by atoms with Gasteiger partial charge in [-0.1, -0.05) is 49.4 Å². The van der Waals surface area contributed by atoms with Crippen LogP contribution in [0.25, 0.3) is 0 Å². The number of nitrogen functional groups attached to an aromatic ring is 1. The third-order valence-corrected chi connectivity index (χ3v) is 6.49. The number of aromatic nitrogens is 1. The summed E-state index contributed by atoms with van der Waals surface area (Å²) in [5.74, 6) is -2.34. The minimum Gasteiger partial charge on any atom is -0.464 e. The summed E-state index contributed by atoms with van der Waals surface area (Å²) in [5.41, 5.74) is 6.77. The molecule has 0 aliphatic rings. The molecule has 3 amide bonds. The van der Waals surface area contributed by atoms with Crippen molar-refractivity contribution in [3.8, 4) is 0 Å². The maximum atomic E-state index is 13.7. The average Bonchev–Trinajstić information content (AvgIpc) is 3.38. The number of ether oxygens (including phenoxy) is 2. The number of nitrogens with two attached hydrogens (primary N) is 1. The van der Waals surface area contributed by atoms with Gasteiger partial charge in [0.1, 0.15) is 17.7 Å². The van der Waals surface area contributed by atoms with E-state index in [1.54, 1.807) is 52.0 Å². The minimum atomic E-state index is -1.19. The Morgan fingerprint density at radius 3 is 2.17 bits per heavy atom. The van der Waals surface area contributed by atoms with Crippen LogP contribution >= 0.6 is 11.3 Å². The van der Waals surface area contributed by atoms with Gasteiger partial charge in [0.15, 0.2) is 10.8 Å². The predicted octanol–water partition coefficient (Wildman–Crippen LogP) is 4.00. The van der Waals surface area contributed by atoms with Gasteiger partial charge < -0.3 is 31.2 Å². The third-order valence-electron chi connectivity index (χ3n) is 5.73. The molecule has 11 nitrogen and oxygen atoms in total. The molecule has 0 aliphatic carbocycles. The number of hydrogen-bond acceptors (Lipinski definition) is 9. The van der Waals surface area contributed by atoms with Gasteiger partial charge in [-0.3, -0.25) is 9.59 Å². The van der Waals surface area contributed by atoms with E-state index in [9.17, 15) is 19.2 Å². The van der Waals surface area contributed by atoms with Crippen LogP contribution in [0.2, 0.25) is 0 Å². The first kappa shape index (κ1) is 30.1. The molecule has 3 atom stereocenters. The van der Waals surface area contributed by atoms with Crippen molar-refractivity contribution in [2.45, 2.75) is 51.3 Å². The van der Waals surface area contributed by atoms with Gasteiger partial charge in [-0.2, -0.15) is 0 Å². The standard InChI is InChI=1S/C28H33N5O6S/c1-16(17-9-7-6-8-10-17)21(23(34)33-26-30-20(15-40-26)25(36)38-5)31-24(35)22(18-11-13-19(29)14-12-18)32-27(37)39-28(2,3)4/h6-16,21-22H,29H2,1-5H3,(H,31,35)(H,32,37)(H,30,33,34)/t16?,21?,22-/m1/s1. The molecule has 1 heterocycles. The summed E-state index contributed by atoms with van der Waals surface area (Å²) in [4.78, 5) is 55.8. The van der Waals surface area contributed by atoms with Crippen molar-refractivity contribution in [2.24, 2.45) is 0 Å². The topological polar surface area (TPSA) is 162 Å². The fourth-order valence-corrected chi connectivity index (χ4v) is 4.41. The number of nitrogens with one attached hydrogen (secondary N) is 3. The van der Waals surface area contributed by atoms with Crippen molar-refractivity contribution in [3.63, 3.8) is 0 Å². The van der Waals surface area contributed by atoms with Gasteiger partial charge >= 0.3 is 12.1 Å². The Hall–Kier alpha value is -4.45. The lowest BCUT2D eigenvalue weighted by molar-refractivity contribution is -0.128. The molecule has 0 saturated heterocycles. The second-order valence-corrected chi connectivity index (χ2v) is 10.8. The Bertz CT molecular complexity index is 1340. The van der Waals surface area contributed by atoms with E-state index in [2.05, 4.69) is 25.7 Å². The lowest BCUT2D eigenvalue weighted by Crippen LogP contribution is -2.51. The number of anilines is 2. The monoisotopic (exact) mass is 567 g/mol. The molecular formula is C28H33N5O6S. The summed E-state index contributed by atoms with van der Waals surface area (Å²) in [6.45, 7) is 6.91. The van der Waals surface area contributed by atoms with E-state index in [-0.39, 0.29) is 10.8 Å². The second-order valence-electron chi connectivity index (χ2n) is 9.95. The Morgan fingerprint density at radius 1 is 0.925 bits per heavy atom. The highest BCUT2D eigenvalue weighted by Crippen LogP contribution is 2.24. The molecule has 3 aromatic rings. The first-order chi connectivity index (χ1) is 18.9. The summed E-state index contributed by atoms with van der Waals surface area (Å²) < 4.78 is 10.0.